The normalized spacial score (nSPS) is 29.1. The summed E-state index contributed by atoms with van der Waals surface area (Å²) in [5.74, 6) is 1.81. The van der Waals surface area contributed by atoms with Crippen LogP contribution in [-0.4, -0.2) is 68.2 Å². The molecule has 2 aliphatic heterocycles. The highest BCUT2D eigenvalue weighted by Crippen LogP contribution is 2.64. The molecule has 1 saturated heterocycles. The van der Waals surface area contributed by atoms with Gasteiger partial charge in [0.25, 0.3) is 0 Å². The molecule has 2 fully saturated rings. The van der Waals surface area contributed by atoms with Crippen molar-refractivity contribution in [2.45, 2.75) is 61.1 Å². The number of β-amino-alcohol motifs (C(OH)–C–C–N with tert-alkyl or cyclic N) is 1. The van der Waals surface area contributed by atoms with Crippen LogP contribution in [-0.2, 0) is 27.6 Å². The lowest BCUT2D eigenvalue weighted by Gasteiger charge is -2.60. The van der Waals surface area contributed by atoms with Crippen molar-refractivity contribution in [2.24, 2.45) is 5.92 Å². The second kappa shape index (κ2) is 10.1. The van der Waals surface area contributed by atoms with Gasteiger partial charge in [0.2, 0.25) is 10.0 Å². The van der Waals surface area contributed by atoms with Gasteiger partial charge in [0.1, 0.15) is 6.10 Å². The number of likely N-dealkylation sites (N-methyl/N-ethyl adjacent to an activating group) is 1. The van der Waals surface area contributed by atoms with Gasteiger partial charge in [-0.15, -0.1) is 0 Å². The summed E-state index contributed by atoms with van der Waals surface area (Å²) in [7, 11) is -0.169. The number of sulfonamides is 1. The maximum absolute atomic E-state index is 13.7. The van der Waals surface area contributed by atoms with Crippen LogP contribution in [0.4, 0.5) is 0 Å². The zero-order valence-electron chi connectivity index (χ0n) is 23.6. The maximum atomic E-state index is 13.7. The van der Waals surface area contributed by atoms with Crippen molar-refractivity contribution in [1.82, 2.24) is 9.21 Å². The molecule has 1 spiro atoms. The number of rotatable bonds is 8. The Morgan fingerprint density at radius 2 is 1.80 bits per heavy atom. The fraction of sp³-hybridized carbons (Fsp3) is 0.455. The third kappa shape index (κ3) is 4.22. The Labute approximate surface area is 242 Å². The highest BCUT2D eigenvalue weighted by molar-refractivity contribution is 7.88. The molecule has 0 aromatic heterocycles. The van der Waals surface area contributed by atoms with Crippen LogP contribution in [0, 0.1) is 5.92 Å². The van der Waals surface area contributed by atoms with Crippen molar-refractivity contribution in [2.75, 3.05) is 27.2 Å². The summed E-state index contributed by atoms with van der Waals surface area (Å²) in [6, 6.07) is 23.4. The Bertz CT molecular complexity index is 1530. The Kier molecular flexibility index (Phi) is 6.65. The number of nitrogens with zero attached hydrogens (tertiary/aromatic N) is 2. The predicted molar refractivity (Wildman–Crippen MR) is 158 cm³/mol. The minimum absolute atomic E-state index is 0.0285. The van der Waals surface area contributed by atoms with Crippen LogP contribution in [0.2, 0.25) is 0 Å². The Morgan fingerprint density at radius 3 is 2.54 bits per heavy atom. The molecule has 2 unspecified atom stereocenters. The molecule has 6 atom stereocenters. The van der Waals surface area contributed by atoms with Crippen molar-refractivity contribution in [3.63, 3.8) is 0 Å². The minimum atomic E-state index is -3.57. The molecule has 2 aliphatic carbocycles. The predicted octanol–water partition coefficient (Wildman–Crippen LogP) is 4.30. The molecule has 2 bridgehead atoms. The van der Waals surface area contributed by atoms with Gasteiger partial charge in [0.05, 0.1) is 25.0 Å². The molecular weight excluding hydrogens is 536 g/mol. The first kappa shape index (κ1) is 27.0. The van der Waals surface area contributed by atoms with Crippen LogP contribution in [0.15, 0.2) is 72.8 Å². The van der Waals surface area contributed by atoms with E-state index in [1.54, 1.807) is 18.5 Å². The average molecular weight is 575 g/mol. The van der Waals surface area contributed by atoms with E-state index < -0.39 is 16.1 Å². The van der Waals surface area contributed by atoms with E-state index in [2.05, 4.69) is 11.0 Å². The largest absolute Gasteiger partial charge is 0.493 e. The molecule has 0 amide bonds. The molecule has 2 heterocycles. The zero-order valence-corrected chi connectivity index (χ0v) is 24.5. The molecule has 4 aliphatic rings. The standard InChI is InChI=1S/C33H38N2O5S/c1-34(41(37,38)21-22-9-5-3-6-10-22)26-15-14-25-27-19-24-13-16-29(39-2)31-30(24)33(25,32(26)40-31)17-18-35(27)20-28(36)23-11-7-4-8-12-23/h3-13,16,25-28,32,36H,14-15,17-21H2,1-2H3/t25-,26+,27+,28?,32?,33-/m0/s1. The number of methoxy groups -OCH3 is 1. The lowest BCUT2D eigenvalue weighted by Crippen LogP contribution is -2.69. The number of aliphatic hydroxyl groups is 1. The quantitative estimate of drug-likeness (QED) is 0.432. The van der Waals surface area contributed by atoms with Crippen molar-refractivity contribution in [3.8, 4) is 11.5 Å². The zero-order chi connectivity index (χ0) is 28.4. The van der Waals surface area contributed by atoms with Gasteiger partial charge in [-0.05, 0) is 60.9 Å². The molecule has 7 nitrogen and oxygen atoms in total. The number of hydrogen-bond donors (Lipinski definition) is 1. The fourth-order valence-electron chi connectivity index (χ4n) is 8.44. The van der Waals surface area contributed by atoms with Crippen LogP contribution in [0.25, 0.3) is 0 Å². The summed E-state index contributed by atoms with van der Waals surface area (Å²) in [5.41, 5.74) is 3.94. The molecule has 216 valence electrons. The van der Waals surface area contributed by atoms with Gasteiger partial charge >= 0.3 is 0 Å². The van der Waals surface area contributed by atoms with Crippen molar-refractivity contribution < 1.29 is 23.0 Å². The van der Waals surface area contributed by atoms with Crippen molar-refractivity contribution >= 4 is 10.0 Å². The monoisotopic (exact) mass is 574 g/mol. The summed E-state index contributed by atoms with van der Waals surface area (Å²) in [6.07, 6.45) is 2.55. The minimum Gasteiger partial charge on any atom is -0.493 e. The number of benzene rings is 3. The third-order valence-electron chi connectivity index (χ3n) is 10.3. The van der Waals surface area contributed by atoms with Gasteiger partial charge in [0, 0.05) is 30.6 Å². The van der Waals surface area contributed by atoms with E-state index in [0.29, 0.717) is 12.5 Å². The molecule has 3 aromatic carbocycles. The second-order valence-electron chi connectivity index (χ2n) is 12.2. The third-order valence-corrected chi connectivity index (χ3v) is 12.1. The topological polar surface area (TPSA) is 79.3 Å². The first-order chi connectivity index (χ1) is 19.8. The van der Waals surface area contributed by atoms with Crippen LogP contribution >= 0.6 is 0 Å². The summed E-state index contributed by atoms with van der Waals surface area (Å²) < 4.78 is 41.7. The van der Waals surface area contributed by atoms with Gasteiger partial charge in [-0.1, -0.05) is 66.7 Å². The number of piperidine rings is 1. The molecule has 41 heavy (non-hydrogen) atoms. The SMILES string of the molecule is COc1ccc2c3c1OC1[C@H](N(C)S(=O)(=O)Cc4ccccc4)CC[C@H]4[C@@H](C2)N(CC(O)c2ccccc2)CC[C@]314. The first-order valence-electron chi connectivity index (χ1n) is 14.7. The van der Waals surface area contributed by atoms with E-state index in [1.165, 1.54) is 11.1 Å². The van der Waals surface area contributed by atoms with Crippen LogP contribution < -0.4 is 9.47 Å². The van der Waals surface area contributed by atoms with E-state index in [0.717, 1.165) is 54.9 Å². The van der Waals surface area contributed by atoms with E-state index in [-0.39, 0.29) is 29.4 Å². The number of hydrogen-bond acceptors (Lipinski definition) is 6. The highest BCUT2D eigenvalue weighted by atomic mass is 32.2. The number of likely N-dealkylation sites (tertiary alicyclic amines) is 1. The van der Waals surface area contributed by atoms with E-state index in [1.807, 2.05) is 66.7 Å². The molecule has 8 heteroatoms. The van der Waals surface area contributed by atoms with Gasteiger partial charge in [0.15, 0.2) is 11.5 Å². The fourth-order valence-corrected chi connectivity index (χ4v) is 9.89. The van der Waals surface area contributed by atoms with Crippen LogP contribution in [0.5, 0.6) is 11.5 Å². The summed E-state index contributed by atoms with van der Waals surface area (Å²) in [5, 5.41) is 11.2. The maximum Gasteiger partial charge on any atom is 0.218 e. The molecular formula is C33H38N2O5S. The van der Waals surface area contributed by atoms with Crippen LogP contribution in [0.3, 0.4) is 0 Å². The second-order valence-corrected chi connectivity index (χ2v) is 14.2. The average Bonchev–Trinajstić information content (AvgIpc) is 3.33. The Morgan fingerprint density at radius 1 is 1.07 bits per heavy atom. The first-order valence-corrected chi connectivity index (χ1v) is 16.3. The van der Waals surface area contributed by atoms with E-state index in [9.17, 15) is 13.5 Å². The molecule has 0 radical (unpaired) electrons. The highest BCUT2D eigenvalue weighted by Gasteiger charge is 2.66. The Balaban J connectivity index is 1.24. The molecule has 3 aromatic rings. The Hall–Kier alpha value is -2.91. The van der Waals surface area contributed by atoms with Crippen LogP contribution in [0.1, 0.15) is 47.6 Å². The van der Waals surface area contributed by atoms with Crippen molar-refractivity contribution in [1.29, 1.82) is 0 Å². The molecule has 7 rings (SSSR count). The van der Waals surface area contributed by atoms with Gasteiger partial charge in [-0.2, -0.15) is 4.31 Å². The number of ether oxygens (including phenoxy) is 2. The van der Waals surface area contributed by atoms with Gasteiger partial charge < -0.3 is 14.6 Å². The van der Waals surface area contributed by atoms with E-state index in [4.69, 9.17) is 9.47 Å². The van der Waals surface area contributed by atoms with Crippen molar-refractivity contribution in [3.05, 3.63) is 95.1 Å². The molecule has 1 N–H and O–H groups in total. The number of aliphatic hydroxyl groups excluding tert-OH is 1. The summed E-state index contributed by atoms with van der Waals surface area (Å²) >= 11 is 0. The smallest absolute Gasteiger partial charge is 0.218 e. The summed E-state index contributed by atoms with van der Waals surface area (Å²) in [4.78, 5) is 2.48. The lowest BCUT2D eigenvalue weighted by atomic mass is 9.51. The van der Waals surface area contributed by atoms with Gasteiger partial charge in [-0.3, -0.25) is 4.90 Å². The van der Waals surface area contributed by atoms with E-state index >= 15 is 0 Å². The van der Waals surface area contributed by atoms with Gasteiger partial charge in [-0.25, -0.2) is 8.42 Å². The lowest BCUT2D eigenvalue weighted by molar-refractivity contribution is -0.0823. The molecule has 1 saturated carbocycles. The summed E-state index contributed by atoms with van der Waals surface area (Å²) in [6.45, 7) is 1.41.